The van der Waals surface area contributed by atoms with Crippen LogP contribution in [0, 0.1) is 5.41 Å². The smallest absolute Gasteiger partial charge is 0.392 e. The van der Waals surface area contributed by atoms with Crippen molar-refractivity contribution in [3.8, 4) is 0 Å². The summed E-state index contributed by atoms with van der Waals surface area (Å²) in [6.45, 7) is 2.18. The van der Waals surface area contributed by atoms with Crippen molar-refractivity contribution in [3.63, 3.8) is 0 Å². The molecule has 138 valence electrons. The van der Waals surface area contributed by atoms with Crippen LogP contribution < -0.4 is 5.73 Å². The Hall–Kier alpha value is -1.60. The molecule has 0 bridgehead atoms. The van der Waals surface area contributed by atoms with Crippen molar-refractivity contribution < 1.29 is 23.1 Å². The number of carbonyl (C=O) groups excluding carboxylic acids is 1. The number of hydrogen-bond donors (Lipinski definition) is 2. The van der Waals surface area contributed by atoms with Crippen molar-refractivity contribution in [3.05, 3.63) is 34.9 Å². The molecule has 3 atom stereocenters. The maximum atomic E-state index is 13.1. The monoisotopic (exact) mass is 356 g/mol. The summed E-state index contributed by atoms with van der Waals surface area (Å²) in [7, 11) is 0. The highest BCUT2D eigenvalue weighted by Crippen LogP contribution is 2.43. The second-order valence-corrected chi connectivity index (χ2v) is 7.29. The fourth-order valence-corrected chi connectivity index (χ4v) is 4.09. The Bertz CT molecular complexity index is 675. The van der Waals surface area contributed by atoms with Crippen LogP contribution >= 0.6 is 0 Å². The van der Waals surface area contributed by atoms with Gasteiger partial charge >= 0.3 is 6.18 Å². The number of carbonyl (C=O) groups is 1. The minimum atomic E-state index is -4.40. The molecule has 25 heavy (non-hydrogen) atoms. The second kappa shape index (κ2) is 6.29. The second-order valence-electron chi connectivity index (χ2n) is 7.29. The molecule has 1 unspecified atom stereocenters. The van der Waals surface area contributed by atoms with Gasteiger partial charge in [-0.15, -0.1) is 0 Å². The van der Waals surface area contributed by atoms with E-state index in [1.807, 2.05) is 0 Å². The van der Waals surface area contributed by atoms with E-state index in [1.54, 1.807) is 11.8 Å². The molecule has 1 fully saturated rings. The Morgan fingerprint density at radius 3 is 2.68 bits per heavy atom. The standard InChI is InChI=1S/C18H23F3N2O2/c1-11(24)17(6-4-15(22)9-17)16(25)23-7-5-12-2-3-14(18(19,20)21)8-13(12)10-23/h2-3,8,11,15,24H,4-7,9-10,22H2,1H3/t11?,15-,17+/m1/s1. The van der Waals surface area contributed by atoms with Crippen molar-refractivity contribution in [1.82, 2.24) is 4.90 Å². The lowest BCUT2D eigenvalue weighted by Gasteiger charge is -2.39. The molecule has 7 heteroatoms. The molecule has 2 aliphatic rings. The van der Waals surface area contributed by atoms with Crippen molar-refractivity contribution >= 4 is 5.91 Å². The highest BCUT2D eigenvalue weighted by Gasteiger charge is 2.50. The number of amides is 1. The Balaban J connectivity index is 1.85. The first kappa shape index (κ1) is 18.2. The molecule has 1 aliphatic heterocycles. The first-order chi connectivity index (χ1) is 11.6. The van der Waals surface area contributed by atoms with Gasteiger partial charge in [-0.3, -0.25) is 4.79 Å². The summed E-state index contributed by atoms with van der Waals surface area (Å²) in [6, 6.07) is 3.58. The normalized spacial score (nSPS) is 27.9. The van der Waals surface area contributed by atoms with Gasteiger partial charge in [0.1, 0.15) is 0 Å². The highest BCUT2D eigenvalue weighted by molar-refractivity contribution is 5.84. The number of hydrogen-bond acceptors (Lipinski definition) is 3. The molecule has 1 amide bonds. The molecule has 3 rings (SSSR count). The summed E-state index contributed by atoms with van der Waals surface area (Å²) in [5.41, 5.74) is 5.70. The topological polar surface area (TPSA) is 66.6 Å². The predicted molar refractivity (Wildman–Crippen MR) is 86.5 cm³/mol. The number of nitrogens with zero attached hydrogens (tertiary/aromatic N) is 1. The van der Waals surface area contributed by atoms with Crippen LogP contribution in [0.25, 0.3) is 0 Å². The summed E-state index contributed by atoms with van der Waals surface area (Å²) >= 11 is 0. The van der Waals surface area contributed by atoms with Crippen molar-refractivity contribution in [2.75, 3.05) is 6.54 Å². The van der Waals surface area contributed by atoms with Crippen molar-refractivity contribution in [2.24, 2.45) is 11.1 Å². The summed E-state index contributed by atoms with van der Waals surface area (Å²) in [6.07, 6.45) is -3.14. The van der Waals surface area contributed by atoms with Crippen LogP contribution in [0.4, 0.5) is 13.2 Å². The molecule has 1 aromatic rings. The van der Waals surface area contributed by atoms with Gasteiger partial charge in [0.2, 0.25) is 5.91 Å². The van der Waals surface area contributed by atoms with Crippen LogP contribution in [-0.2, 0) is 23.9 Å². The first-order valence-electron chi connectivity index (χ1n) is 8.55. The summed E-state index contributed by atoms with van der Waals surface area (Å²) in [5.74, 6) is -0.196. The lowest BCUT2D eigenvalue weighted by atomic mass is 9.78. The molecule has 3 N–H and O–H groups in total. The Kier molecular flexibility index (Phi) is 4.58. The maximum absolute atomic E-state index is 13.1. The van der Waals surface area contributed by atoms with Crippen molar-refractivity contribution in [2.45, 2.75) is 57.5 Å². The lowest BCUT2D eigenvalue weighted by Crippen LogP contribution is -2.50. The van der Waals surface area contributed by atoms with Gasteiger partial charge < -0.3 is 15.7 Å². The Morgan fingerprint density at radius 1 is 1.40 bits per heavy atom. The fourth-order valence-electron chi connectivity index (χ4n) is 4.09. The summed E-state index contributed by atoms with van der Waals surface area (Å²) < 4.78 is 38.8. The number of benzene rings is 1. The molecule has 0 spiro atoms. The quantitative estimate of drug-likeness (QED) is 0.856. The largest absolute Gasteiger partial charge is 0.416 e. The minimum Gasteiger partial charge on any atom is -0.392 e. The minimum absolute atomic E-state index is 0.132. The number of nitrogens with two attached hydrogens (primary N) is 1. The maximum Gasteiger partial charge on any atom is 0.416 e. The zero-order valence-electron chi connectivity index (χ0n) is 14.1. The molecule has 1 saturated carbocycles. The summed E-state index contributed by atoms with van der Waals surface area (Å²) in [4.78, 5) is 14.7. The SMILES string of the molecule is CC(O)[C@]1(C(=O)N2CCc3ccc(C(F)(F)F)cc3C2)CC[C@@H](N)C1. The number of alkyl halides is 3. The number of rotatable bonds is 2. The van der Waals surface area contributed by atoms with Gasteiger partial charge in [0.25, 0.3) is 0 Å². The lowest BCUT2D eigenvalue weighted by molar-refractivity contribution is -0.149. The fraction of sp³-hybridized carbons (Fsp3) is 0.611. The first-order valence-corrected chi connectivity index (χ1v) is 8.55. The molecule has 1 aliphatic carbocycles. The van der Waals surface area contributed by atoms with Gasteiger partial charge in [-0.2, -0.15) is 13.2 Å². The van der Waals surface area contributed by atoms with Gasteiger partial charge in [0.05, 0.1) is 17.1 Å². The average Bonchev–Trinajstić information content (AvgIpc) is 2.95. The molecular formula is C18H23F3N2O2. The van der Waals surface area contributed by atoms with Crippen molar-refractivity contribution in [1.29, 1.82) is 0 Å². The average molecular weight is 356 g/mol. The van der Waals surface area contributed by atoms with Gasteiger partial charge in [-0.1, -0.05) is 6.07 Å². The van der Waals surface area contributed by atoms with E-state index in [9.17, 15) is 23.1 Å². The molecule has 1 heterocycles. The van der Waals surface area contributed by atoms with E-state index in [0.29, 0.717) is 37.8 Å². The number of halogens is 3. The van der Waals surface area contributed by atoms with Crippen LogP contribution in [0.1, 0.15) is 42.9 Å². The summed E-state index contributed by atoms with van der Waals surface area (Å²) in [5, 5.41) is 10.2. The molecule has 0 saturated heterocycles. The Morgan fingerprint density at radius 2 is 2.12 bits per heavy atom. The van der Waals surface area contributed by atoms with E-state index >= 15 is 0 Å². The van der Waals surface area contributed by atoms with Gasteiger partial charge in [0.15, 0.2) is 0 Å². The highest BCUT2D eigenvalue weighted by atomic mass is 19.4. The van der Waals surface area contributed by atoms with E-state index in [-0.39, 0.29) is 18.5 Å². The van der Waals surface area contributed by atoms with E-state index in [4.69, 9.17) is 5.73 Å². The molecule has 1 aromatic carbocycles. The van der Waals surface area contributed by atoms with E-state index in [0.717, 1.165) is 17.7 Å². The number of aliphatic hydroxyl groups is 1. The van der Waals surface area contributed by atoms with Crippen LogP contribution in [0.2, 0.25) is 0 Å². The van der Waals surface area contributed by atoms with Crippen LogP contribution in [0.3, 0.4) is 0 Å². The molecule has 0 aromatic heterocycles. The number of fused-ring (bicyclic) bond motifs is 1. The van der Waals surface area contributed by atoms with Gasteiger partial charge in [-0.25, -0.2) is 0 Å². The van der Waals surface area contributed by atoms with E-state index in [1.165, 1.54) is 6.07 Å². The van der Waals surface area contributed by atoms with E-state index in [2.05, 4.69) is 0 Å². The Labute approximate surface area is 144 Å². The third kappa shape index (κ3) is 3.27. The molecule has 4 nitrogen and oxygen atoms in total. The number of aliphatic hydroxyl groups excluding tert-OH is 1. The third-order valence-corrected chi connectivity index (χ3v) is 5.65. The third-order valence-electron chi connectivity index (χ3n) is 5.65. The van der Waals surface area contributed by atoms with Crippen LogP contribution in [-0.4, -0.2) is 34.6 Å². The molecule has 0 radical (unpaired) electrons. The zero-order valence-corrected chi connectivity index (χ0v) is 14.1. The molecular weight excluding hydrogens is 333 g/mol. The van der Waals surface area contributed by atoms with E-state index < -0.39 is 23.3 Å². The van der Waals surface area contributed by atoms with Gasteiger partial charge in [-0.05, 0) is 55.9 Å². The van der Waals surface area contributed by atoms with Crippen LogP contribution in [0.15, 0.2) is 18.2 Å². The van der Waals surface area contributed by atoms with Gasteiger partial charge in [0, 0.05) is 19.1 Å². The van der Waals surface area contributed by atoms with Crippen LogP contribution in [0.5, 0.6) is 0 Å². The zero-order chi connectivity index (χ0) is 18.4. The predicted octanol–water partition coefficient (Wildman–Crippen LogP) is 2.47.